The van der Waals surface area contributed by atoms with Crippen LogP contribution in [0, 0.1) is 0 Å². The molecule has 0 radical (unpaired) electrons. The molecule has 2 heterocycles. The largest absolute Gasteiger partial charge is 0.411 e. The Hall–Kier alpha value is -7.88. The van der Waals surface area contributed by atoms with E-state index in [9.17, 15) is 28.8 Å². The number of rotatable bonds is 8. The summed E-state index contributed by atoms with van der Waals surface area (Å²) in [7, 11) is 0. The topological polar surface area (TPSA) is 133 Å². The molecule has 16 heteroatoms. The van der Waals surface area contributed by atoms with Gasteiger partial charge in [0, 0.05) is 36.1 Å². The van der Waals surface area contributed by atoms with Crippen LogP contribution in [0.2, 0.25) is 0 Å². The second kappa shape index (κ2) is 16.6. The Kier molecular flexibility index (Phi) is 11.2. The van der Waals surface area contributed by atoms with Crippen LogP contribution in [0.5, 0.6) is 0 Å². The first-order chi connectivity index (χ1) is 34.9. The van der Waals surface area contributed by atoms with Crippen molar-refractivity contribution in [2.75, 3.05) is 20.4 Å². The highest BCUT2D eigenvalue weighted by molar-refractivity contribution is 6.35. The lowest BCUT2D eigenvalue weighted by Gasteiger charge is -2.38. The van der Waals surface area contributed by atoms with Gasteiger partial charge in [-0.25, -0.2) is 9.80 Å². The van der Waals surface area contributed by atoms with Crippen LogP contribution < -0.4 is 20.4 Å². The predicted molar refractivity (Wildman–Crippen MR) is 271 cm³/mol. The molecule has 6 aromatic rings. The number of nitrogens with one attached hydrogen (secondary N) is 2. The summed E-state index contributed by atoms with van der Waals surface area (Å²) in [5, 5.41) is 5.56. The summed E-state index contributed by atoms with van der Waals surface area (Å²) in [6.45, 7) is 15.0. The third kappa shape index (κ3) is 7.52. The van der Waals surface area contributed by atoms with E-state index in [-0.39, 0.29) is 28.6 Å². The Morgan fingerprint density at radius 3 is 1.27 bits per heavy atom. The third-order valence-electron chi connectivity index (χ3n) is 15.9. The van der Waals surface area contributed by atoms with Crippen molar-refractivity contribution in [1.82, 2.24) is 0 Å². The van der Waals surface area contributed by atoms with E-state index in [0.29, 0.717) is 53.4 Å². The molecule has 0 saturated heterocycles. The minimum atomic E-state index is -6.15. The molecule has 2 unspecified atom stereocenters. The van der Waals surface area contributed by atoms with Crippen LogP contribution in [0.25, 0.3) is 0 Å². The van der Waals surface area contributed by atoms with Gasteiger partial charge in [-0.05, 0) is 141 Å². The average molecular weight is 1030 g/mol. The fraction of sp³-hybridized carbons (Fsp3) is 0.288. The smallest absolute Gasteiger partial charge is 0.326 e. The lowest BCUT2D eigenvalue weighted by molar-refractivity contribution is -0.288. The summed E-state index contributed by atoms with van der Waals surface area (Å²) in [5.41, 5.74) is -5.17. The van der Waals surface area contributed by atoms with Crippen LogP contribution >= 0.6 is 0 Å². The second-order valence-corrected chi connectivity index (χ2v) is 21.9. The number of fused-ring (bicyclic) bond motifs is 4. The van der Waals surface area contributed by atoms with E-state index in [1.54, 1.807) is 42.5 Å². The standard InChI is InChI=1S/C59H50F6N4O6/c1-31(70)66-37-15-9-33(10-16-37)55(7)30-54(5,6)48-28-40(20-24-46(48)55)69-50(73)42-22-14-36(26-44(42)52(69)75)57(58(60,61)62,59(63,64)65)35-13-21-41-43(25-35)51(74)68(49(41)72)39-18-11-34(12-19-39)56(8)29-53(3,4)47-27-38(67-32(2)71)17-23-45(47)56/h9-28H,29-30H2,1-8H3,(H,66,70)(H,67,71). The molecular formula is C59H50F6N4O6. The zero-order valence-electron chi connectivity index (χ0n) is 42.1. The van der Waals surface area contributed by atoms with E-state index < -0.39 is 91.0 Å². The molecule has 0 spiro atoms. The first-order valence-corrected chi connectivity index (χ1v) is 24.2. The highest BCUT2D eigenvalue weighted by Crippen LogP contribution is 2.59. The molecule has 2 atom stereocenters. The number of hydrogen-bond acceptors (Lipinski definition) is 6. The van der Waals surface area contributed by atoms with Gasteiger partial charge < -0.3 is 10.6 Å². The summed E-state index contributed by atoms with van der Waals surface area (Å²) < 4.78 is 94.6. The predicted octanol–water partition coefficient (Wildman–Crippen LogP) is 12.6. The van der Waals surface area contributed by atoms with Crippen molar-refractivity contribution >= 4 is 58.2 Å². The van der Waals surface area contributed by atoms with Gasteiger partial charge in [-0.3, -0.25) is 28.8 Å². The van der Waals surface area contributed by atoms with Gasteiger partial charge in [-0.1, -0.05) is 90.1 Å². The summed E-state index contributed by atoms with van der Waals surface area (Å²) in [5.74, 6) is -4.63. The molecule has 0 aromatic heterocycles. The van der Waals surface area contributed by atoms with Crippen LogP contribution in [0.1, 0.15) is 154 Å². The number of imide groups is 2. The Balaban J connectivity index is 0.970. The molecule has 6 amide bonds. The first kappa shape index (κ1) is 50.6. The Morgan fingerprint density at radius 2 is 0.813 bits per heavy atom. The summed E-state index contributed by atoms with van der Waals surface area (Å²) in [4.78, 5) is 81.3. The molecule has 2 aliphatic carbocycles. The number of carbonyl (C=O) groups excluding carboxylic acids is 6. The van der Waals surface area contributed by atoms with Crippen molar-refractivity contribution in [2.45, 2.75) is 108 Å². The van der Waals surface area contributed by atoms with Gasteiger partial charge in [0.25, 0.3) is 23.6 Å². The molecule has 10 nitrogen and oxygen atoms in total. The minimum Gasteiger partial charge on any atom is -0.326 e. The van der Waals surface area contributed by atoms with E-state index in [1.165, 1.54) is 32.0 Å². The second-order valence-electron chi connectivity index (χ2n) is 21.9. The van der Waals surface area contributed by atoms with Gasteiger partial charge in [0.2, 0.25) is 17.2 Å². The zero-order chi connectivity index (χ0) is 54.3. The number of halogens is 6. The highest BCUT2D eigenvalue weighted by Gasteiger charge is 2.73. The number of benzene rings is 6. The van der Waals surface area contributed by atoms with Crippen LogP contribution in [0.15, 0.2) is 121 Å². The molecule has 0 bridgehead atoms. The number of anilines is 4. The molecule has 10 rings (SSSR count). The molecule has 0 saturated carbocycles. The van der Waals surface area contributed by atoms with Crippen LogP contribution in [0.4, 0.5) is 49.1 Å². The van der Waals surface area contributed by atoms with Crippen molar-refractivity contribution < 1.29 is 55.1 Å². The molecule has 384 valence electrons. The van der Waals surface area contributed by atoms with E-state index in [0.717, 1.165) is 50.4 Å². The fourth-order valence-corrected chi connectivity index (χ4v) is 12.7. The zero-order valence-corrected chi connectivity index (χ0v) is 42.1. The van der Waals surface area contributed by atoms with Crippen molar-refractivity contribution in [3.05, 3.63) is 188 Å². The number of hydrogen-bond donors (Lipinski definition) is 2. The molecule has 0 fully saturated rings. The Labute approximate surface area is 428 Å². The number of amides is 6. The van der Waals surface area contributed by atoms with Crippen LogP contribution in [-0.4, -0.2) is 47.8 Å². The summed E-state index contributed by atoms with van der Waals surface area (Å²) in [6, 6.07) is 27.8. The van der Waals surface area contributed by atoms with Gasteiger partial charge in [0.05, 0.1) is 33.6 Å². The van der Waals surface area contributed by atoms with E-state index in [4.69, 9.17) is 0 Å². The van der Waals surface area contributed by atoms with Gasteiger partial charge >= 0.3 is 12.4 Å². The molecule has 4 aliphatic rings. The fourth-order valence-electron chi connectivity index (χ4n) is 12.7. The number of carbonyl (C=O) groups is 6. The highest BCUT2D eigenvalue weighted by atomic mass is 19.4. The summed E-state index contributed by atoms with van der Waals surface area (Å²) in [6.07, 6.45) is -11.1. The van der Waals surface area contributed by atoms with Gasteiger partial charge in [-0.2, -0.15) is 26.3 Å². The monoisotopic (exact) mass is 1020 g/mol. The van der Waals surface area contributed by atoms with Crippen LogP contribution in [0.3, 0.4) is 0 Å². The number of nitrogens with zero attached hydrogens (tertiary/aromatic N) is 2. The molecule has 2 aliphatic heterocycles. The first-order valence-electron chi connectivity index (χ1n) is 24.2. The average Bonchev–Trinajstić information content (AvgIpc) is 3.90. The quantitative estimate of drug-likeness (QED) is 0.115. The molecule has 2 N–H and O–H groups in total. The van der Waals surface area contributed by atoms with Gasteiger partial charge in [0.15, 0.2) is 0 Å². The molecule has 75 heavy (non-hydrogen) atoms. The van der Waals surface area contributed by atoms with Gasteiger partial charge in [-0.15, -0.1) is 0 Å². The minimum absolute atomic E-state index is 0.0355. The van der Waals surface area contributed by atoms with E-state index >= 15 is 26.3 Å². The lowest BCUT2D eigenvalue weighted by atomic mass is 9.71. The maximum atomic E-state index is 15.8. The van der Waals surface area contributed by atoms with Crippen molar-refractivity contribution in [2.24, 2.45) is 0 Å². The molecular weight excluding hydrogens is 975 g/mol. The molecule has 6 aromatic carbocycles. The van der Waals surface area contributed by atoms with E-state index in [2.05, 4.69) is 24.5 Å². The lowest BCUT2D eigenvalue weighted by Crippen LogP contribution is -2.55. The third-order valence-corrected chi connectivity index (χ3v) is 15.9. The maximum absolute atomic E-state index is 15.8. The van der Waals surface area contributed by atoms with Crippen LogP contribution in [-0.2, 0) is 36.7 Å². The number of alkyl halides is 6. The Morgan fingerprint density at radius 1 is 0.440 bits per heavy atom. The van der Waals surface area contributed by atoms with E-state index in [1.807, 2.05) is 52.0 Å². The van der Waals surface area contributed by atoms with Crippen molar-refractivity contribution in [3.8, 4) is 0 Å². The van der Waals surface area contributed by atoms with Crippen molar-refractivity contribution in [1.29, 1.82) is 0 Å². The maximum Gasteiger partial charge on any atom is 0.411 e. The normalized spacial score (nSPS) is 20.5. The Bertz CT molecular complexity index is 3490. The van der Waals surface area contributed by atoms with Gasteiger partial charge in [0.1, 0.15) is 0 Å². The summed E-state index contributed by atoms with van der Waals surface area (Å²) >= 11 is 0. The SMILES string of the molecule is CC(=O)Nc1ccc(C2(C)CC(C)(C)c3cc(N4C(=O)c5ccc(C(c6ccc7c(c6)C(=O)N(c6ccc(C8(C)CC(C)(C)c9cc(NC(C)=O)ccc98)cc6)C7=O)(C(F)(F)F)C(F)(F)F)cc5C4=O)ccc32)cc1. The van der Waals surface area contributed by atoms with Crippen molar-refractivity contribution in [3.63, 3.8) is 0 Å².